The van der Waals surface area contributed by atoms with Gasteiger partial charge in [0.05, 0.1) is 19.8 Å². The van der Waals surface area contributed by atoms with Crippen molar-refractivity contribution in [2.45, 2.75) is 102 Å². The number of halogens is 1. The third-order valence-corrected chi connectivity index (χ3v) is 8.29. The highest BCUT2D eigenvalue weighted by molar-refractivity contribution is 6.20. The Morgan fingerprint density at radius 2 is 1.10 bits per heavy atom. The van der Waals surface area contributed by atoms with E-state index in [4.69, 9.17) is 59.0 Å². The van der Waals surface area contributed by atoms with Crippen LogP contribution in [-0.4, -0.2) is 104 Å². The summed E-state index contributed by atoms with van der Waals surface area (Å²) in [4.78, 5) is 48.5. The monoisotopic (exact) mass is 748 g/mol. The Kier molecular flexibility index (Phi) is 16.0. The Morgan fingerprint density at radius 3 is 1.54 bits per heavy atom. The van der Waals surface area contributed by atoms with Crippen LogP contribution in [0.3, 0.4) is 0 Å². The largest absolute Gasteiger partial charge is 0.463 e. The van der Waals surface area contributed by atoms with Gasteiger partial charge in [-0.05, 0) is 11.1 Å². The van der Waals surface area contributed by atoms with Crippen LogP contribution in [0.4, 0.5) is 0 Å². The Labute approximate surface area is 307 Å². The minimum atomic E-state index is -1.35. The van der Waals surface area contributed by atoms with Crippen LogP contribution in [0.5, 0.6) is 0 Å². The van der Waals surface area contributed by atoms with Gasteiger partial charge in [-0.15, -0.1) is 6.58 Å². The number of alkyl halides is 1. The Morgan fingerprint density at radius 1 is 0.635 bits per heavy atom. The van der Waals surface area contributed by atoms with Gasteiger partial charge >= 0.3 is 23.9 Å². The second kappa shape index (κ2) is 20.4. The Hall–Kier alpha value is -3.89. The molecule has 2 aliphatic heterocycles. The molecule has 52 heavy (non-hydrogen) atoms. The van der Waals surface area contributed by atoms with Crippen LogP contribution in [0, 0.1) is 0 Å². The van der Waals surface area contributed by atoms with Crippen molar-refractivity contribution in [2.75, 3.05) is 19.8 Å². The molecule has 10 atom stereocenters. The summed E-state index contributed by atoms with van der Waals surface area (Å²) in [5.74, 6) is -2.50. The lowest BCUT2D eigenvalue weighted by atomic mass is 9.96. The second-order valence-corrected chi connectivity index (χ2v) is 12.5. The summed E-state index contributed by atoms with van der Waals surface area (Å²) >= 11 is 6.87. The summed E-state index contributed by atoms with van der Waals surface area (Å²) in [5, 5.41) is 0. The highest BCUT2D eigenvalue weighted by atomic mass is 35.5. The van der Waals surface area contributed by atoms with Crippen molar-refractivity contribution in [3.05, 3.63) is 84.4 Å². The standard InChI is InChI=1S/C37H45ClO14/c1-6-17-43-35-33(47-19-27-15-11-8-12-16-27)31(49-25(5)42)29(21-45-23(3)40)51-37(35)52-34-32(46-18-26-13-9-7-10-14-26)30(48-24(4)41)28(50-36(34)38)20-44-22(2)39/h6-16,28-37H,1,17-21H2,2-5H3/t28-,29-,30-,31-,32+,33+,34-,35-,36?,37-/m1/s1. The summed E-state index contributed by atoms with van der Waals surface area (Å²) in [7, 11) is 0. The molecular formula is C37H45ClO14. The first-order valence-corrected chi connectivity index (χ1v) is 17.2. The lowest BCUT2D eigenvalue weighted by Crippen LogP contribution is -2.66. The van der Waals surface area contributed by atoms with Crippen molar-refractivity contribution >= 4 is 35.5 Å². The van der Waals surface area contributed by atoms with Crippen LogP contribution in [-0.2, 0) is 79.8 Å². The molecular weight excluding hydrogens is 704 g/mol. The predicted molar refractivity (Wildman–Crippen MR) is 182 cm³/mol. The molecule has 2 fully saturated rings. The smallest absolute Gasteiger partial charge is 0.303 e. The molecule has 2 aromatic rings. The molecule has 14 nitrogen and oxygen atoms in total. The lowest BCUT2D eigenvalue weighted by Gasteiger charge is -2.48. The van der Waals surface area contributed by atoms with Crippen molar-refractivity contribution < 1.29 is 66.5 Å². The average Bonchev–Trinajstić information content (AvgIpc) is 3.10. The number of ether oxygens (including phenoxy) is 10. The van der Waals surface area contributed by atoms with Crippen LogP contribution in [0.2, 0.25) is 0 Å². The van der Waals surface area contributed by atoms with Crippen molar-refractivity contribution in [1.29, 1.82) is 0 Å². The molecule has 1 unspecified atom stereocenters. The van der Waals surface area contributed by atoms with E-state index in [2.05, 4.69) is 6.58 Å². The van der Waals surface area contributed by atoms with E-state index >= 15 is 0 Å². The topological polar surface area (TPSA) is 161 Å². The zero-order valence-corrected chi connectivity index (χ0v) is 30.2. The lowest BCUT2D eigenvalue weighted by molar-refractivity contribution is -0.348. The van der Waals surface area contributed by atoms with Gasteiger partial charge < -0.3 is 47.4 Å². The van der Waals surface area contributed by atoms with Gasteiger partial charge in [-0.2, -0.15) is 0 Å². The number of esters is 4. The second-order valence-electron chi connectivity index (χ2n) is 12.0. The van der Waals surface area contributed by atoms with E-state index in [0.29, 0.717) is 0 Å². The van der Waals surface area contributed by atoms with Gasteiger partial charge in [0.15, 0.2) is 24.1 Å². The zero-order chi connectivity index (χ0) is 37.6. The van der Waals surface area contributed by atoms with Crippen LogP contribution in [0.25, 0.3) is 0 Å². The Bertz CT molecular complexity index is 1460. The number of rotatable bonds is 17. The highest BCUT2D eigenvalue weighted by Gasteiger charge is 2.55. The molecule has 284 valence electrons. The maximum absolute atomic E-state index is 12.4. The zero-order valence-electron chi connectivity index (χ0n) is 29.5. The third kappa shape index (κ3) is 12.1. The molecule has 2 saturated heterocycles. The first kappa shape index (κ1) is 40.9. The van der Waals surface area contributed by atoms with E-state index < -0.39 is 84.6 Å². The van der Waals surface area contributed by atoms with E-state index in [1.54, 1.807) is 0 Å². The van der Waals surface area contributed by atoms with E-state index in [-0.39, 0.29) is 33.0 Å². The molecule has 2 aliphatic rings. The minimum absolute atomic E-state index is 0.000422. The molecule has 2 heterocycles. The molecule has 0 saturated carbocycles. The van der Waals surface area contributed by atoms with Gasteiger partial charge in [-0.1, -0.05) is 78.3 Å². The number of hydrogen-bond donors (Lipinski definition) is 0. The normalized spacial score (nSPS) is 28.6. The molecule has 15 heteroatoms. The molecule has 4 rings (SSSR count). The summed E-state index contributed by atoms with van der Waals surface area (Å²) in [6.45, 7) is 8.13. The predicted octanol–water partition coefficient (Wildman–Crippen LogP) is 3.79. The minimum Gasteiger partial charge on any atom is -0.463 e. The van der Waals surface area contributed by atoms with Crippen molar-refractivity contribution in [3.63, 3.8) is 0 Å². The first-order valence-electron chi connectivity index (χ1n) is 16.7. The fourth-order valence-electron chi connectivity index (χ4n) is 5.76. The fraction of sp³-hybridized carbons (Fsp3) is 0.514. The maximum atomic E-state index is 12.4. The van der Waals surface area contributed by atoms with Gasteiger partial charge in [-0.25, -0.2) is 0 Å². The van der Waals surface area contributed by atoms with Crippen molar-refractivity contribution in [3.8, 4) is 0 Å². The molecule has 0 bridgehead atoms. The number of carbonyl (C=O) groups is 4. The van der Waals surface area contributed by atoms with Gasteiger partial charge in [0.1, 0.15) is 49.8 Å². The summed E-state index contributed by atoms with van der Waals surface area (Å²) in [5.41, 5.74) is 0.322. The van der Waals surface area contributed by atoms with Crippen molar-refractivity contribution in [1.82, 2.24) is 0 Å². The van der Waals surface area contributed by atoms with Crippen LogP contribution in [0.1, 0.15) is 38.8 Å². The Balaban J connectivity index is 1.74. The molecule has 0 aliphatic carbocycles. The van der Waals surface area contributed by atoms with Crippen LogP contribution >= 0.6 is 11.6 Å². The van der Waals surface area contributed by atoms with E-state index in [0.717, 1.165) is 11.1 Å². The quantitative estimate of drug-likeness (QED) is 0.0995. The summed E-state index contributed by atoms with van der Waals surface area (Å²) in [6, 6.07) is 18.5. The van der Waals surface area contributed by atoms with Crippen LogP contribution in [0.15, 0.2) is 73.3 Å². The third-order valence-electron chi connectivity index (χ3n) is 7.94. The SMILES string of the molecule is C=CCO[C@H]1[C@@H](O[C@H]2C(Cl)O[C@H](COC(C)=O)[C@@H](OC(C)=O)[C@@H]2OCc2ccccc2)O[C@H](COC(C)=O)[C@@H](OC(C)=O)[C@@H]1OCc1ccccc1. The van der Waals surface area contributed by atoms with E-state index in [9.17, 15) is 19.2 Å². The fourth-order valence-corrected chi connectivity index (χ4v) is 6.09. The van der Waals surface area contributed by atoms with Gasteiger partial charge in [0.25, 0.3) is 0 Å². The summed E-state index contributed by atoms with van der Waals surface area (Å²) < 4.78 is 59.9. The highest BCUT2D eigenvalue weighted by Crippen LogP contribution is 2.36. The molecule has 0 spiro atoms. The van der Waals surface area contributed by atoms with Gasteiger partial charge in [0.2, 0.25) is 0 Å². The van der Waals surface area contributed by atoms with Crippen LogP contribution < -0.4 is 0 Å². The average molecular weight is 749 g/mol. The number of benzene rings is 2. The number of carbonyl (C=O) groups excluding carboxylic acids is 4. The maximum Gasteiger partial charge on any atom is 0.303 e. The molecule has 0 amide bonds. The number of hydrogen-bond acceptors (Lipinski definition) is 14. The van der Waals surface area contributed by atoms with Gasteiger partial charge in [-0.3, -0.25) is 19.2 Å². The molecule has 0 N–H and O–H groups in total. The molecule has 2 aromatic carbocycles. The first-order chi connectivity index (χ1) is 25.0. The van der Waals surface area contributed by atoms with Gasteiger partial charge in [0, 0.05) is 27.7 Å². The molecule has 0 aromatic heterocycles. The molecule has 0 radical (unpaired) electrons. The summed E-state index contributed by atoms with van der Waals surface area (Å²) in [6.07, 6.45) is -8.79. The van der Waals surface area contributed by atoms with Crippen molar-refractivity contribution in [2.24, 2.45) is 0 Å². The van der Waals surface area contributed by atoms with E-state index in [1.165, 1.54) is 33.8 Å². The van der Waals surface area contributed by atoms with E-state index in [1.807, 2.05) is 60.7 Å².